The zero-order valence-electron chi connectivity index (χ0n) is 17.1. The van der Waals surface area contributed by atoms with Gasteiger partial charge in [0, 0.05) is 24.0 Å². The zero-order chi connectivity index (χ0) is 21.3. The van der Waals surface area contributed by atoms with Gasteiger partial charge in [-0.15, -0.1) is 11.3 Å². The topological polar surface area (TPSA) is 109 Å². The molecule has 154 valence electrons. The Balaban J connectivity index is 1.90. The molecule has 0 radical (unpaired) electrons. The molecule has 0 bridgehead atoms. The summed E-state index contributed by atoms with van der Waals surface area (Å²) in [4.78, 5) is 20.6. The molecule has 1 aliphatic heterocycles. The number of benzene rings is 1. The van der Waals surface area contributed by atoms with E-state index in [9.17, 15) is 10.1 Å². The molecule has 6 nitrogen and oxygen atoms in total. The number of nitrogens with zero attached hydrogens (tertiary/aromatic N) is 3. The molecule has 4 rings (SSSR count). The van der Waals surface area contributed by atoms with E-state index in [1.165, 1.54) is 16.9 Å². The molecule has 1 fully saturated rings. The average Bonchev–Trinajstić information content (AvgIpc) is 2.94. The summed E-state index contributed by atoms with van der Waals surface area (Å²) < 4.78 is 0. The molecule has 30 heavy (non-hydrogen) atoms. The van der Waals surface area contributed by atoms with Gasteiger partial charge in [0.15, 0.2) is 0 Å². The van der Waals surface area contributed by atoms with E-state index in [4.69, 9.17) is 11.5 Å². The van der Waals surface area contributed by atoms with Crippen molar-refractivity contribution in [2.75, 3.05) is 24.6 Å². The van der Waals surface area contributed by atoms with Crippen LogP contribution < -0.4 is 11.5 Å². The number of pyridine rings is 1. The predicted molar refractivity (Wildman–Crippen MR) is 122 cm³/mol. The molecular weight excluding hydrogens is 394 g/mol. The van der Waals surface area contributed by atoms with Crippen molar-refractivity contribution < 1.29 is 4.79 Å². The molecule has 0 spiro atoms. The van der Waals surface area contributed by atoms with Crippen molar-refractivity contribution in [1.82, 2.24) is 9.88 Å². The summed E-state index contributed by atoms with van der Waals surface area (Å²) in [7, 11) is 0. The number of rotatable bonds is 3. The Morgan fingerprint density at radius 3 is 2.43 bits per heavy atom. The second-order valence-corrected chi connectivity index (χ2v) is 8.64. The van der Waals surface area contributed by atoms with Gasteiger partial charge in [0.25, 0.3) is 5.91 Å². The monoisotopic (exact) mass is 419 g/mol. The Kier molecular flexibility index (Phi) is 5.60. The van der Waals surface area contributed by atoms with Crippen molar-refractivity contribution in [3.63, 3.8) is 0 Å². The van der Waals surface area contributed by atoms with Gasteiger partial charge in [0.1, 0.15) is 27.2 Å². The van der Waals surface area contributed by atoms with Gasteiger partial charge in [0.2, 0.25) is 0 Å². The number of aromatic nitrogens is 1. The van der Waals surface area contributed by atoms with E-state index in [1.54, 1.807) is 0 Å². The Bertz CT molecular complexity index is 1140. The van der Waals surface area contributed by atoms with E-state index < -0.39 is 0 Å². The molecule has 7 heteroatoms. The van der Waals surface area contributed by atoms with E-state index in [0.717, 1.165) is 50.8 Å². The van der Waals surface area contributed by atoms with Crippen LogP contribution in [0.3, 0.4) is 0 Å². The molecule has 1 amide bonds. The smallest absolute Gasteiger partial charge is 0.266 e. The SMILES string of the molecule is CCc1ccc(-c2c(C#N)c(N)nc3sc(C(=O)N4CCCCCC4)c(N)c23)cc1. The highest BCUT2D eigenvalue weighted by Crippen LogP contribution is 2.43. The van der Waals surface area contributed by atoms with Crippen molar-refractivity contribution in [2.45, 2.75) is 39.0 Å². The van der Waals surface area contributed by atoms with E-state index in [-0.39, 0.29) is 11.7 Å². The first-order chi connectivity index (χ1) is 14.5. The van der Waals surface area contributed by atoms with Crippen molar-refractivity contribution in [2.24, 2.45) is 0 Å². The first-order valence-corrected chi connectivity index (χ1v) is 11.2. The fraction of sp³-hybridized carbons (Fsp3) is 0.348. The van der Waals surface area contributed by atoms with Gasteiger partial charge >= 0.3 is 0 Å². The fourth-order valence-electron chi connectivity index (χ4n) is 4.06. The van der Waals surface area contributed by atoms with Gasteiger partial charge in [-0.1, -0.05) is 44.0 Å². The van der Waals surface area contributed by atoms with Crippen LogP contribution in [0.5, 0.6) is 0 Å². The maximum atomic E-state index is 13.2. The van der Waals surface area contributed by atoms with Gasteiger partial charge < -0.3 is 16.4 Å². The van der Waals surface area contributed by atoms with Gasteiger partial charge in [-0.25, -0.2) is 4.98 Å². The molecule has 0 atom stereocenters. The molecule has 0 aliphatic carbocycles. The number of thiophene rings is 1. The second kappa shape index (κ2) is 8.33. The fourth-order valence-corrected chi connectivity index (χ4v) is 5.14. The highest BCUT2D eigenvalue weighted by Gasteiger charge is 2.27. The highest BCUT2D eigenvalue weighted by molar-refractivity contribution is 7.21. The van der Waals surface area contributed by atoms with Crippen LogP contribution in [-0.2, 0) is 6.42 Å². The summed E-state index contributed by atoms with van der Waals surface area (Å²) in [6, 6.07) is 10.2. The number of likely N-dealkylation sites (tertiary alicyclic amines) is 1. The molecule has 0 unspecified atom stereocenters. The van der Waals surface area contributed by atoms with Crippen molar-refractivity contribution in [3.05, 3.63) is 40.3 Å². The second-order valence-electron chi connectivity index (χ2n) is 7.64. The molecule has 2 aromatic heterocycles. The number of carbonyl (C=O) groups is 1. The minimum Gasteiger partial charge on any atom is -0.397 e. The Morgan fingerprint density at radius 1 is 1.17 bits per heavy atom. The van der Waals surface area contributed by atoms with Crippen LogP contribution in [0.4, 0.5) is 11.5 Å². The van der Waals surface area contributed by atoms with Crippen LogP contribution in [0.15, 0.2) is 24.3 Å². The quantitative estimate of drug-likeness (QED) is 0.646. The number of hydrogen-bond donors (Lipinski definition) is 2. The summed E-state index contributed by atoms with van der Waals surface area (Å²) in [6.07, 6.45) is 5.24. The van der Waals surface area contributed by atoms with Crippen LogP contribution in [0.2, 0.25) is 0 Å². The predicted octanol–water partition coefficient (Wildman–Crippen LogP) is 4.58. The largest absolute Gasteiger partial charge is 0.397 e. The van der Waals surface area contributed by atoms with Gasteiger partial charge in [-0.2, -0.15) is 5.26 Å². The maximum Gasteiger partial charge on any atom is 0.266 e. The molecule has 1 saturated heterocycles. The Hall–Kier alpha value is -3.11. The van der Waals surface area contributed by atoms with E-state index in [2.05, 4.69) is 18.0 Å². The lowest BCUT2D eigenvalue weighted by Gasteiger charge is -2.19. The van der Waals surface area contributed by atoms with Crippen LogP contribution in [0, 0.1) is 11.3 Å². The number of carbonyl (C=O) groups excluding carboxylic acids is 1. The minimum atomic E-state index is -0.0539. The van der Waals surface area contributed by atoms with Gasteiger partial charge in [0.05, 0.1) is 5.69 Å². The van der Waals surface area contributed by atoms with Crippen LogP contribution in [0.25, 0.3) is 21.3 Å². The third-order valence-electron chi connectivity index (χ3n) is 5.75. The van der Waals surface area contributed by atoms with Crippen molar-refractivity contribution >= 4 is 39.0 Å². The average molecular weight is 420 g/mol. The van der Waals surface area contributed by atoms with Crippen LogP contribution in [-0.4, -0.2) is 28.9 Å². The lowest BCUT2D eigenvalue weighted by atomic mass is 9.96. The third kappa shape index (κ3) is 3.48. The van der Waals surface area contributed by atoms with E-state index in [1.807, 2.05) is 29.2 Å². The molecule has 3 aromatic rings. The molecule has 1 aliphatic rings. The van der Waals surface area contributed by atoms with Crippen LogP contribution >= 0.6 is 11.3 Å². The molecule has 1 aromatic carbocycles. The first kappa shape index (κ1) is 20.2. The van der Waals surface area contributed by atoms with Gasteiger partial charge in [-0.3, -0.25) is 4.79 Å². The number of amides is 1. The normalized spacial score (nSPS) is 14.5. The number of aryl methyl sites for hydroxylation is 1. The summed E-state index contributed by atoms with van der Waals surface area (Å²) in [5.41, 5.74) is 16.0. The number of nitriles is 1. The van der Waals surface area contributed by atoms with E-state index >= 15 is 0 Å². The standard InChI is InChI=1S/C23H25N5OS/c1-2-14-7-9-15(10-8-14)17-16(13-24)21(26)27-22-18(17)19(25)20(30-22)23(29)28-11-5-3-4-6-12-28/h7-10H,2-6,11-12,25H2,1H3,(H2,26,27). The molecular formula is C23H25N5OS. The number of anilines is 2. The zero-order valence-corrected chi connectivity index (χ0v) is 17.9. The lowest BCUT2D eigenvalue weighted by molar-refractivity contribution is 0.0767. The first-order valence-electron chi connectivity index (χ1n) is 10.3. The van der Waals surface area contributed by atoms with Crippen molar-refractivity contribution in [1.29, 1.82) is 5.26 Å². The summed E-state index contributed by atoms with van der Waals surface area (Å²) in [5.74, 6) is 0.108. The number of hydrogen-bond acceptors (Lipinski definition) is 6. The summed E-state index contributed by atoms with van der Waals surface area (Å²) >= 11 is 1.27. The Morgan fingerprint density at radius 2 is 1.83 bits per heavy atom. The van der Waals surface area contributed by atoms with Crippen molar-refractivity contribution in [3.8, 4) is 17.2 Å². The van der Waals surface area contributed by atoms with Crippen LogP contribution in [0.1, 0.15) is 53.4 Å². The maximum absolute atomic E-state index is 13.2. The van der Waals surface area contributed by atoms with E-state index in [0.29, 0.717) is 31.9 Å². The molecule has 3 heterocycles. The third-order valence-corrected chi connectivity index (χ3v) is 6.84. The minimum absolute atomic E-state index is 0.0539. The Labute approximate surface area is 180 Å². The number of fused-ring (bicyclic) bond motifs is 1. The lowest BCUT2D eigenvalue weighted by Crippen LogP contribution is -2.31. The van der Waals surface area contributed by atoms with Gasteiger partial charge in [-0.05, 0) is 30.4 Å². The summed E-state index contributed by atoms with van der Waals surface area (Å²) in [5, 5.41) is 10.4. The highest BCUT2D eigenvalue weighted by atomic mass is 32.1. The summed E-state index contributed by atoms with van der Waals surface area (Å²) in [6.45, 7) is 3.59. The molecule has 4 N–H and O–H groups in total. The number of nitrogen functional groups attached to an aromatic ring is 2. The number of nitrogens with two attached hydrogens (primary N) is 2. The molecule has 0 saturated carbocycles.